The molecule has 0 fully saturated rings. The molecule has 3 nitrogen and oxygen atoms in total. The lowest BCUT2D eigenvalue weighted by Crippen LogP contribution is -2.18. The summed E-state index contributed by atoms with van der Waals surface area (Å²) in [5.74, 6) is 0. The number of furan rings is 2. The van der Waals surface area contributed by atoms with Gasteiger partial charge in [-0.2, -0.15) is 0 Å². The first-order valence-electron chi connectivity index (χ1n) is 19.9. The van der Waals surface area contributed by atoms with Crippen molar-refractivity contribution in [2.24, 2.45) is 0 Å². The van der Waals surface area contributed by atoms with E-state index in [0.717, 1.165) is 60.9 Å². The van der Waals surface area contributed by atoms with Crippen LogP contribution in [0.2, 0.25) is 0 Å². The number of para-hydroxylation sites is 2. The van der Waals surface area contributed by atoms with Crippen LogP contribution < -0.4 is 4.90 Å². The Hall–Kier alpha value is -6.84. The van der Waals surface area contributed by atoms with E-state index < -0.39 is 0 Å². The second kappa shape index (κ2) is 11.4. The number of hydrogen-bond acceptors (Lipinski definition) is 3. The predicted octanol–water partition coefficient (Wildman–Crippen LogP) is 15.2. The summed E-state index contributed by atoms with van der Waals surface area (Å²) >= 11 is 0. The largest absolute Gasteiger partial charge is 0.456 e. The molecule has 57 heavy (non-hydrogen) atoms. The Morgan fingerprint density at radius 1 is 0.333 bits per heavy atom. The molecule has 272 valence electrons. The average molecular weight is 734 g/mol. The number of benzene rings is 8. The molecule has 2 heterocycles. The van der Waals surface area contributed by atoms with E-state index in [1.54, 1.807) is 0 Å². The zero-order valence-corrected chi connectivity index (χ0v) is 32.4. The molecule has 0 aliphatic heterocycles. The average Bonchev–Trinajstić information content (AvgIpc) is 3.93. The van der Waals surface area contributed by atoms with Crippen LogP contribution in [-0.2, 0) is 10.8 Å². The maximum absolute atomic E-state index is 6.30. The molecule has 2 aliphatic rings. The minimum Gasteiger partial charge on any atom is -0.456 e. The first-order chi connectivity index (χ1) is 27.7. The quantitative estimate of drug-likeness (QED) is 0.180. The van der Waals surface area contributed by atoms with Gasteiger partial charge in [-0.25, -0.2) is 0 Å². The SMILES string of the molecule is CC1(C)c2ccccc2-c2ccc(N(c3ccc4c(c3)C(C)(C)c3cc(-c5ccc6oc7ccccc7c6c5)ccc3-4)c3ccc4oc5ccccc5c4c3)cc21. The van der Waals surface area contributed by atoms with Crippen LogP contribution in [-0.4, -0.2) is 0 Å². The highest BCUT2D eigenvalue weighted by atomic mass is 16.3. The van der Waals surface area contributed by atoms with Gasteiger partial charge in [0.25, 0.3) is 0 Å². The Balaban J connectivity index is 1.00. The van der Waals surface area contributed by atoms with Crippen molar-refractivity contribution in [1.82, 2.24) is 0 Å². The predicted molar refractivity (Wildman–Crippen MR) is 236 cm³/mol. The van der Waals surface area contributed by atoms with Crippen LogP contribution in [0.15, 0.2) is 173 Å². The van der Waals surface area contributed by atoms with Gasteiger partial charge in [-0.05, 0) is 128 Å². The number of anilines is 3. The highest BCUT2D eigenvalue weighted by Crippen LogP contribution is 2.54. The molecule has 0 unspecified atom stereocenters. The van der Waals surface area contributed by atoms with E-state index in [1.807, 2.05) is 18.2 Å². The van der Waals surface area contributed by atoms with Crippen molar-refractivity contribution in [3.63, 3.8) is 0 Å². The van der Waals surface area contributed by atoms with E-state index in [9.17, 15) is 0 Å². The minimum absolute atomic E-state index is 0.118. The normalized spacial score (nSPS) is 14.6. The van der Waals surface area contributed by atoms with E-state index in [-0.39, 0.29) is 10.8 Å². The molecule has 2 aromatic heterocycles. The highest BCUT2D eigenvalue weighted by molar-refractivity contribution is 6.07. The Bertz CT molecular complexity index is 3320. The molecule has 0 radical (unpaired) electrons. The number of nitrogens with zero attached hydrogens (tertiary/aromatic N) is 1. The van der Waals surface area contributed by atoms with Crippen LogP contribution >= 0.6 is 0 Å². The molecule has 2 aliphatic carbocycles. The second-order valence-corrected chi connectivity index (χ2v) is 16.9. The van der Waals surface area contributed by atoms with Crippen molar-refractivity contribution >= 4 is 60.9 Å². The highest BCUT2D eigenvalue weighted by Gasteiger charge is 2.38. The van der Waals surface area contributed by atoms with Crippen LogP contribution in [0.4, 0.5) is 17.1 Å². The Morgan fingerprint density at radius 3 is 1.42 bits per heavy atom. The second-order valence-electron chi connectivity index (χ2n) is 16.9. The third kappa shape index (κ3) is 4.54. The first kappa shape index (κ1) is 32.4. The fourth-order valence-electron chi connectivity index (χ4n) is 10.1. The van der Waals surface area contributed by atoms with E-state index >= 15 is 0 Å². The molecule has 0 N–H and O–H groups in total. The molecule has 0 amide bonds. The van der Waals surface area contributed by atoms with Gasteiger partial charge in [0.15, 0.2) is 0 Å². The third-order valence-electron chi connectivity index (χ3n) is 13.1. The molecule has 3 heteroatoms. The summed E-state index contributed by atoms with van der Waals surface area (Å²) in [5.41, 5.74) is 19.7. The fourth-order valence-corrected chi connectivity index (χ4v) is 10.1. The van der Waals surface area contributed by atoms with Crippen molar-refractivity contribution < 1.29 is 8.83 Å². The maximum atomic E-state index is 6.30. The minimum atomic E-state index is -0.221. The molecule has 0 spiro atoms. The van der Waals surface area contributed by atoms with Crippen molar-refractivity contribution in [2.75, 3.05) is 4.90 Å². The van der Waals surface area contributed by atoms with E-state index in [1.165, 1.54) is 55.6 Å². The summed E-state index contributed by atoms with van der Waals surface area (Å²) in [4.78, 5) is 2.44. The zero-order valence-electron chi connectivity index (χ0n) is 32.4. The molecule has 0 saturated carbocycles. The molecule has 0 atom stereocenters. The Kier molecular flexibility index (Phi) is 6.46. The molecule has 10 aromatic rings. The van der Waals surface area contributed by atoms with Crippen LogP contribution in [0.5, 0.6) is 0 Å². The lowest BCUT2D eigenvalue weighted by Gasteiger charge is -2.30. The molecular formula is C54H39NO2. The zero-order chi connectivity index (χ0) is 38.2. The summed E-state index contributed by atoms with van der Waals surface area (Å²) in [5, 5.41) is 4.54. The lowest BCUT2D eigenvalue weighted by molar-refractivity contribution is 0.660. The van der Waals surface area contributed by atoms with E-state index in [0.29, 0.717) is 0 Å². The smallest absolute Gasteiger partial charge is 0.135 e. The summed E-state index contributed by atoms with van der Waals surface area (Å²) in [7, 11) is 0. The molecule has 12 rings (SSSR count). The number of rotatable bonds is 4. The van der Waals surface area contributed by atoms with E-state index in [4.69, 9.17) is 8.83 Å². The topological polar surface area (TPSA) is 29.5 Å². The summed E-state index contributed by atoms with van der Waals surface area (Å²) in [6, 6.07) is 59.9. The van der Waals surface area contributed by atoms with E-state index in [2.05, 4.69) is 178 Å². The molecule has 8 aromatic carbocycles. The van der Waals surface area contributed by atoms with Crippen LogP contribution in [0.3, 0.4) is 0 Å². The Morgan fingerprint density at radius 2 is 0.754 bits per heavy atom. The van der Waals surface area contributed by atoms with Crippen LogP contribution in [0.25, 0.3) is 77.3 Å². The van der Waals surface area contributed by atoms with Crippen LogP contribution in [0.1, 0.15) is 49.9 Å². The van der Waals surface area contributed by atoms with Gasteiger partial charge in [-0.3, -0.25) is 0 Å². The standard InChI is InChI=1S/C54H39NO2/c1-53(2)45-14-8-5-11-37(45)39-23-19-35(30-47(39)53)55(34-21-26-52-44(29-34)42-13-7-10-16-50(42)57-52)36-20-24-40-38-22-17-33(28-46(38)54(3,4)48(40)31-36)32-18-25-51-43(27-32)41-12-6-9-15-49(41)56-51/h5-31H,1-4H3. The molecule has 0 saturated heterocycles. The third-order valence-corrected chi connectivity index (χ3v) is 13.1. The number of hydrogen-bond donors (Lipinski definition) is 0. The van der Waals surface area contributed by atoms with Gasteiger partial charge >= 0.3 is 0 Å². The fraction of sp³-hybridized carbons (Fsp3) is 0.111. The Labute approximate surface area is 331 Å². The van der Waals surface area contributed by atoms with Gasteiger partial charge in [-0.1, -0.05) is 119 Å². The summed E-state index contributed by atoms with van der Waals surface area (Å²) < 4.78 is 12.5. The van der Waals surface area contributed by atoms with Crippen molar-refractivity contribution in [3.05, 3.63) is 186 Å². The summed E-state index contributed by atoms with van der Waals surface area (Å²) in [6.45, 7) is 9.46. The van der Waals surface area contributed by atoms with Gasteiger partial charge in [0.2, 0.25) is 0 Å². The van der Waals surface area contributed by atoms with Gasteiger partial charge in [0.05, 0.1) is 0 Å². The monoisotopic (exact) mass is 733 g/mol. The molecule has 0 bridgehead atoms. The lowest BCUT2D eigenvalue weighted by atomic mass is 9.81. The number of fused-ring (bicyclic) bond motifs is 12. The van der Waals surface area contributed by atoms with Gasteiger partial charge in [0.1, 0.15) is 22.3 Å². The van der Waals surface area contributed by atoms with Gasteiger partial charge in [0, 0.05) is 49.4 Å². The van der Waals surface area contributed by atoms with Crippen molar-refractivity contribution in [3.8, 4) is 33.4 Å². The van der Waals surface area contributed by atoms with Crippen LogP contribution in [0, 0.1) is 0 Å². The summed E-state index contributed by atoms with van der Waals surface area (Å²) in [6.07, 6.45) is 0. The van der Waals surface area contributed by atoms with Crippen molar-refractivity contribution in [1.29, 1.82) is 0 Å². The first-order valence-corrected chi connectivity index (χ1v) is 19.9. The van der Waals surface area contributed by atoms with Gasteiger partial charge in [-0.15, -0.1) is 0 Å². The van der Waals surface area contributed by atoms with Gasteiger partial charge < -0.3 is 13.7 Å². The van der Waals surface area contributed by atoms with Crippen molar-refractivity contribution in [2.45, 2.75) is 38.5 Å². The maximum Gasteiger partial charge on any atom is 0.135 e. The molecular weight excluding hydrogens is 695 g/mol.